The van der Waals surface area contributed by atoms with Crippen LogP contribution in [0.1, 0.15) is 51.0 Å². The fourth-order valence-corrected chi connectivity index (χ4v) is 4.94. The minimum Gasteiger partial charge on any atom is -0.357 e. The molecule has 1 aromatic rings. The number of rotatable bonds is 5. The van der Waals surface area contributed by atoms with E-state index in [2.05, 4.69) is 56.3 Å². The minimum atomic E-state index is 0. The van der Waals surface area contributed by atoms with E-state index in [1.54, 1.807) is 0 Å². The molecule has 3 rings (SSSR count). The van der Waals surface area contributed by atoms with Crippen molar-refractivity contribution < 1.29 is 0 Å². The number of aromatic nitrogens is 1. The van der Waals surface area contributed by atoms with Gasteiger partial charge in [-0.1, -0.05) is 12.8 Å². The summed E-state index contributed by atoms with van der Waals surface area (Å²) in [5, 5.41) is 6.95. The topological polar surface area (TPSA) is 52.6 Å². The molecule has 0 saturated carbocycles. The van der Waals surface area contributed by atoms with Crippen LogP contribution in [0.3, 0.4) is 0 Å². The lowest BCUT2D eigenvalue weighted by Crippen LogP contribution is -2.43. The zero-order chi connectivity index (χ0) is 18.2. The molecule has 152 valence electrons. The maximum atomic E-state index is 4.60. The highest BCUT2D eigenvalue weighted by molar-refractivity contribution is 14.0. The molecular weight excluding hydrogens is 469 g/mol. The van der Waals surface area contributed by atoms with E-state index in [1.807, 2.05) is 13.2 Å². The van der Waals surface area contributed by atoms with Crippen molar-refractivity contribution in [2.45, 2.75) is 56.7 Å². The third-order valence-electron chi connectivity index (χ3n) is 5.35. The highest BCUT2D eigenvalue weighted by Crippen LogP contribution is 2.36. The molecule has 0 radical (unpaired) electrons. The van der Waals surface area contributed by atoms with E-state index in [9.17, 15) is 0 Å². The summed E-state index contributed by atoms with van der Waals surface area (Å²) >= 11 is 2.07. The van der Waals surface area contributed by atoms with Crippen molar-refractivity contribution in [1.82, 2.24) is 15.6 Å². The molecule has 0 aromatic carbocycles. The van der Waals surface area contributed by atoms with Crippen molar-refractivity contribution in [3.63, 3.8) is 0 Å². The highest BCUT2D eigenvalue weighted by Gasteiger charge is 2.29. The molecule has 0 spiro atoms. The standard InChI is InChI=1S/C20H33N5S.HI/c1-20(9-7-13-26-20)16-24-19(21-2)23-15-17-8-10-22-18(14-17)25-11-5-3-4-6-12-25;/h8,10,14H,3-7,9,11-13,15-16H2,1-2H3,(H2,21,23,24);1H. The number of anilines is 1. The first-order chi connectivity index (χ1) is 12.7. The Bertz CT molecular complexity index is 596. The molecule has 1 atom stereocenters. The van der Waals surface area contributed by atoms with Gasteiger partial charge < -0.3 is 15.5 Å². The van der Waals surface area contributed by atoms with E-state index >= 15 is 0 Å². The van der Waals surface area contributed by atoms with Gasteiger partial charge in [-0.25, -0.2) is 4.98 Å². The maximum absolute atomic E-state index is 4.60. The van der Waals surface area contributed by atoms with Crippen molar-refractivity contribution in [2.75, 3.05) is 37.3 Å². The van der Waals surface area contributed by atoms with Gasteiger partial charge in [-0.3, -0.25) is 4.99 Å². The Balaban J connectivity index is 0.00000261. The van der Waals surface area contributed by atoms with Crippen molar-refractivity contribution in [3.05, 3.63) is 23.9 Å². The van der Waals surface area contributed by atoms with Gasteiger partial charge in [0.2, 0.25) is 0 Å². The normalized spacial score (nSPS) is 23.5. The van der Waals surface area contributed by atoms with E-state index in [0.717, 1.165) is 38.0 Å². The predicted octanol–water partition coefficient (Wildman–Crippen LogP) is 4.03. The molecule has 27 heavy (non-hydrogen) atoms. The molecule has 2 aliphatic rings. The van der Waals surface area contributed by atoms with Crippen molar-refractivity contribution in [3.8, 4) is 0 Å². The fourth-order valence-electron chi connectivity index (χ4n) is 3.70. The Morgan fingerprint density at radius 1 is 1.22 bits per heavy atom. The SMILES string of the molecule is CN=C(NCc1ccnc(N2CCCCCC2)c1)NCC1(C)CCCS1.I. The Kier molecular flexibility index (Phi) is 9.48. The van der Waals surface area contributed by atoms with Gasteiger partial charge in [-0.15, -0.1) is 24.0 Å². The van der Waals surface area contributed by atoms with Gasteiger partial charge in [-0.2, -0.15) is 11.8 Å². The molecule has 7 heteroatoms. The van der Waals surface area contributed by atoms with Crippen molar-refractivity contribution >= 4 is 47.5 Å². The summed E-state index contributed by atoms with van der Waals surface area (Å²) in [6, 6.07) is 4.31. The molecule has 2 aliphatic heterocycles. The van der Waals surface area contributed by atoms with Gasteiger partial charge in [0.15, 0.2) is 5.96 Å². The Hall–Kier alpha value is -0.700. The van der Waals surface area contributed by atoms with Crippen LogP contribution in [-0.2, 0) is 6.54 Å². The quantitative estimate of drug-likeness (QED) is 0.361. The highest BCUT2D eigenvalue weighted by atomic mass is 127. The van der Waals surface area contributed by atoms with E-state index in [4.69, 9.17) is 0 Å². The van der Waals surface area contributed by atoms with Gasteiger partial charge in [0.25, 0.3) is 0 Å². The largest absolute Gasteiger partial charge is 0.357 e. The summed E-state index contributed by atoms with van der Waals surface area (Å²) < 4.78 is 0.341. The third-order valence-corrected chi connectivity index (χ3v) is 6.89. The maximum Gasteiger partial charge on any atom is 0.191 e. The second-order valence-corrected chi connectivity index (χ2v) is 9.29. The zero-order valence-electron chi connectivity index (χ0n) is 16.7. The summed E-state index contributed by atoms with van der Waals surface area (Å²) in [5.41, 5.74) is 1.25. The first-order valence-electron chi connectivity index (χ1n) is 9.97. The van der Waals surface area contributed by atoms with Crippen LogP contribution >= 0.6 is 35.7 Å². The second kappa shape index (κ2) is 11.3. The minimum absolute atomic E-state index is 0. The summed E-state index contributed by atoms with van der Waals surface area (Å²) in [5.74, 6) is 3.27. The molecule has 0 aliphatic carbocycles. The molecule has 0 amide bonds. The fraction of sp³-hybridized carbons (Fsp3) is 0.700. The molecule has 2 saturated heterocycles. The molecule has 2 fully saturated rings. The number of halogens is 1. The Labute approximate surface area is 185 Å². The lowest BCUT2D eigenvalue weighted by molar-refractivity contribution is 0.584. The predicted molar refractivity (Wildman–Crippen MR) is 129 cm³/mol. The van der Waals surface area contributed by atoms with Gasteiger partial charge in [0.1, 0.15) is 5.82 Å². The second-order valence-electron chi connectivity index (χ2n) is 7.60. The first kappa shape index (κ1) is 22.6. The van der Waals surface area contributed by atoms with Crippen LogP contribution in [0.2, 0.25) is 0 Å². The molecular formula is C20H34IN5S. The molecule has 2 N–H and O–H groups in total. The van der Waals surface area contributed by atoms with Crippen LogP contribution in [0.25, 0.3) is 0 Å². The van der Waals surface area contributed by atoms with E-state index in [0.29, 0.717) is 4.75 Å². The van der Waals surface area contributed by atoms with E-state index in [1.165, 1.54) is 49.8 Å². The van der Waals surface area contributed by atoms with Gasteiger partial charge in [-0.05, 0) is 56.1 Å². The summed E-state index contributed by atoms with van der Waals surface area (Å²) in [6.45, 7) is 6.34. The van der Waals surface area contributed by atoms with Crippen LogP contribution in [0, 0.1) is 0 Å². The Morgan fingerprint density at radius 3 is 2.67 bits per heavy atom. The van der Waals surface area contributed by atoms with E-state index < -0.39 is 0 Å². The lowest BCUT2D eigenvalue weighted by atomic mass is 10.1. The molecule has 1 aromatic heterocycles. The van der Waals surface area contributed by atoms with Crippen LogP contribution in [0.4, 0.5) is 5.82 Å². The van der Waals surface area contributed by atoms with Gasteiger partial charge in [0, 0.05) is 44.2 Å². The number of guanidine groups is 1. The number of pyridine rings is 1. The van der Waals surface area contributed by atoms with Crippen LogP contribution < -0.4 is 15.5 Å². The average molecular weight is 503 g/mol. The third kappa shape index (κ3) is 7.00. The molecule has 3 heterocycles. The number of nitrogens with zero attached hydrogens (tertiary/aromatic N) is 3. The van der Waals surface area contributed by atoms with E-state index in [-0.39, 0.29) is 24.0 Å². The number of thioether (sulfide) groups is 1. The van der Waals surface area contributed by atoms with Gasteiger partial charge in [0.05, 0.1) is 0 Å². The molecule has 5 nitrogen and oxygen atoms in total. The van der Waals surface area contributed by atoms with Gasteiger partial charge >= 0.3 is 0 Å². The number of nitrogens with one attached hydrogen (secondary N) is 2. The first-order valence-corrected chi connectivity index (χ1v) is 11.0. The lowest BCUT2D eigenvalue weighted by Gasteiger charge is -2.24. The van der Waals surface area contributed by atoms with Crippen LogP contribution in [-0.4, -0.2) is 48.1 Å². The summed E-state index contributed by atoms with van der Waals surface area (Å²) in [7, 11) is 1.84. The summed E-state index contributed by atoms with van der Waals surface area (Å²) in [4.78, 5) is 11.4. The number of aliphatic imine (C=N–C) groups is 1. The molecule has 0 bridgehead atoms. The van der Waals surface area contributed by atoms with Crippen molar-refractivity contribution in [2.24, 2.45) is 4.99 Å². The van der Waals surface area contributed by atoms with Crippen molar-refractivity contribution in [1.29, 1.82) is 0 Å². The monoisotopic (exact) mass is 503 g/mol. The summed E-state index contributed by atoms with van der Waals surface area (Å²) in [6.07, 6.45) is 9.78. The smallest absolute Gasteiger partial charge is 0.191 e. The number of hydrogen-bond donors (Lipinski definition) is 2. The molecule has 1 unspecified atom stereocenters. The van der Waals surface area contributed by atoms with Crippen LogP contribution in [0.5, 0.6) is 0 Å². The number of hydrogen-bond acceptors (Lipinski definition) is 4. The average Bonchev–Trinajstić information content (AvgIpc) is 2.93. The Morgan fingerprint density at radius 2 is 2.00 bits per heavy atom. The zero-order valence-corrected chi connectivity index (χ0v) is 19.8. The van der Waals surface area contributed by atoms with Crippen LogP contribution in [0.15, 0.2) is 23.3 Å².